The monoisotopic (exact) mass is 238 g/mol. The van der Waals surface area contributed by atoms with Crippen LogP contribution < -0.4 is 5.73 Å². The SMILES string of the molecule is CCC(N)(CC)CN1CCCC2CCCCC21. The Morgan fingerprint density at radius 1 is 1.06 bits per heavy atom. The number of piperidine rings is 1. The van der Waals surface area contributed by atoms with Crippen molar-refractivity contribution < 1.29 is 0 Å². The summed E-state index contributed by atoms with van der Waals surface area (Å²) in [7, 11) is 0. The molecule has 0 bridgehead atoms. The highest BCUT2D eigenvalue weighted by Gasteiger charge is 2.36. The zero-order valence-corrected chi connectivity index (χ0v) is 11.8. The van der Waals surface area contributed by atoms with Gasteiger partial charge in [-0.15, -0.1) is 0 Å². The lowest BCUT2D eigenvalue weighted by Crippen LogP contribution is -2.56. The summed E-state index contributed by atoms with van der Waals surface area (Å²) in [5.41, 5.74) is 6.56. The molecular weight excluding hydrogens is 208 g/mol. The van der Waals surface area contributed by atoms with Crippen molar-refractivity contribution in [3.8, 4) is 0 Å². The zero-order chi connectivity index (χ0) is 12.3. The number of nitrogens with two attached hydrogens (primary N) is 1. The number of hydrogen-bond donors (Lipinski definition) is 1. The van der Waals surface area contributed by atoms with E-state index in [1.54, 1.807) is 0 Å². The minimum atomic E-state index is 0.0549. The van der Waals surface area contributed by atoms with Crippen LogP contribution in [0.1, 0.15) is 65.2 Å². The highest BCUT2D eigenvalue weighted by Crippen LogP contribution is 2.36. The van der Waals surface area contributed by atoms with E-state index in [1.807, 2.05) is 0 Å². The fraction of sp³-hybridized carbons (Fsp3) is 1.00. The molecule has 2 heteroatoms. The highest BCUT2D eigenvalue weighted by molar-refractivity contribution is 4.93. The molecule has 2 rings (SSSR count). The fourth-order valence-corrected chi connectivity index (χ4v) is 3.80. The first-order chi connectivity index (χ1) is 8.18. The molecule has 0 radical (unpaired) electrons. The summed E-state index contributed by atoms with van der Waals surface area (Å²) in [5, 5.41) is 0. The second-order valence-electron chi connectivity index (χ2n) is 6.29. The summed E-state index contributed by atoms with van der Waals surface area (Å²) in [5.74, 6) is 0.982. The Morgan fingerprint density at radius 3 is 2.41 bits per heavy atom. The first-order valence-electron chi connectivity index (χ1n) is 7.71. The zero-order valence-electron chi connectivity index (χ0n) is 11.8. The topological polar surface area (TPSA) is 29.3 Å². The van der Waals surface area contributed by atoms with Gasteiger partial charge in [0.15, 0.2) is 0 Å². The Hall–Kier alpha value is -0.0800. The molecule has 1 saturated heterocycles. The molecule has 100 valence electrons. The van der Waals surface area contributed by atoms with Crippen molar-refractivity contribution in [3.05, 3.63) is 0 Å². The lowest BCUT2D eigenvalue weighted by atomic mass is 9.77. The normalized spacial score (nSPS) is 31.2. The summed E-state index contributed by atoms with van der Waals surface area (Å²) in [6, 6.07) is 0.860. The molecule has 1 saturated carbocycles. The van der Waals surface area contributed by atoms with Gasteiger partial charge in [0.2, 0.25) is 0 Å². The predicted octanol–water partition coefficient (Wildman–Crippen LogP) is 3.16. The van der Waals surface area contributed by atoms with Gasteiger partial charge in [0.25, 0.3) is 0 Å². The van der Waals surface area contributed by atoms with Gasteiger partial charge in [-0.05, 0) is 51.0 Å². The van der Waals surface area contributed by atoms with Gasteiger partial charge in [-0.25, -0.2) is 0 Å². The van der Waals surface area contributed by atoms with Gasteiger partial charge < -0.3 is 5.73 Å². The average molecular weight is 238 g/mol. The molecule has 0 aromatic rings. The van der Waals surface area contributed by atoms with E-state index in [-0.39, 0.29) is 5.54 Å². The Balaban J connectivity index is 1.98. The van der Waals surface area contributed by atoms with Crippen molar-refractivity contribution in [2.24, 2.45) is 11.7 Å². The van der Waals surface area contributed by atoms with E-state index in [0.717, 1.165) is 31.3 Å². The Labute approximate surface area is 107 Å². The van der Waals surface area contributed by atoms with Gasteiger partial charge >= 0.3 is 0 Å². The Kier molecular flexibility index (Phi) is 4.48. The minimum absolute atomic E-state index is 0.0549. The molecule has 2 atom stereocenters. The van der Waals surface area contributed by atoms with E-state index in [2.05, 4.69) is 18.7 Å². The highest BCUT2D eigenvalue weighted by atomic mass is 15.2. The van der Waals surface area contributed by atoms with Crippen LogP contribution in [-0.2, 0) is 0 Å². The van der Waals surface area contributed by atoms with Crippen LogP contribution in [0.3, 0.4) is 0 Å². The molecule has 0 aromatic heterocycles. The standard InChI is InChI=1S/C15H30N2/c1-3-15(16,4-2)12-17-11-7-9-13-8-5-6-10-14(13)17/h13-14H,3-12,16H2,1-2H3. The van der Waals surface area contributed by atoms with Crippen LogP contribution in [0.4, 0.5) is 0 Å². The average Bonchev–Trinajstić information content (AvgIpc) is 2.39. The maximum atomic E-state index is 6.51. The van der Waals surface area contributed by atoms with E-state index in [4.69, 9.17) is 5.73 Å². The van der Waals surface area contributed by atoms with Crippen LogP contribution in [0.2, 0.25) is 0 Å². The molecule has 0 spiro atoms. The summed E-state index contributed by atoms with van der Waals surface area (Å²) in [6.07, 6.45) is 10.9. The third-order valence-electron chi connectivity index (χ3n) is 5.28. The molecule has 1 aliphatic carbocycles. The van der Waals surface area contributed by atoms with Gasteiger partial charge in [-0.3, -0.25) is 4.90 Å². The van der Waals surface area contributed by atoms with Crippen molar-refractivity contribution in [1.82, 2.24) is 4.90 Å². The lowest BCUT2D eigenvalue weighted by molar-refractivity contribution is 0.0408. The van der Waals surface area contributed by atoms with E-state index in [1.165, 1.54) is 45.1 Å². The van der Waals surface area contributed by atoms with Gasteiger partial charge in [0.1, 0.15) is 0 Å². The third-order valence-corrected chi connectivity index (χ3v) is 5.28. The van der Waals surface area contributed by atoms with Crippen molar-refractivity contribution in [1.29, 1.82) is 0 Å². The van der Waals surface area contributed by atoms with Crippen molar-refractivity contribution >= 4 is 0 Å². The second kappa shape index (κ2) is 5.71. The minimum Gasteiger partial charge on any atom is -0.324 e. The largest absolute Gasteiger partial charge is 0.324 e. The van der Waals surface area contributed by atoms with Crippen molar-refractivity contribution in [3.63, 3.8) is 0 Å². The molecule has 2 aliphatic rings. The van der Waals surface area contributed by atoms with Crippen LogP contribution in [0.25, 0.3) is 0 Å². The number of nitrogens with zero attached hydrogens (tertiary/aromatic N) is 1. The van der Waals surface area contributed by atoms with Crippen LogP contribution in [-0.4, -0.2) is 29.6 Å². The smallest absolute Gasteiger partial charge is 0.0278 e. The quantitative estimate of drug-likeness (QED) is 0.815. The predicted molar refractivity (Wildman–Crippen MR) is 74.1 cm³/mol. The molecule has 2 nitrogen and oxygen atoms in total. The first-order valence-corrected chi connectivity index (χ1v) is 7.71. The molecule has 17 heavy (non-hydrogen) atoms. The number of likely N-dealkylation sites (tertiary alicyclic amines) is 1. The summed E-state index contributed by atoms with van der Waals surface area (Å²) in [4.78, 5) is 2.74. The molecular formula is C15H30N2. The molecule has 0 aromatic carbocycles. The van der Waals surface area contributed by atoms with Crippen LogP contribution in [0.15, 0.2) is 0 Å². The molecule has 2 N–H and O–H groups in total. The van der Waals surface area contributed by atoms with Gasteiger partial charge in [0.05, 0.1) is 0 Å². The maximum Gasteiger partial charge on any atom is 0.0278 e. The summed E-state index contributed by atoms with van der Waals surface area (Å²) in [6.45, 7) is 6.90. The van der Waals surface area contributed by atoms with E-state index >= 15 is 0 Å². The fourth-order valence-electron chi connectivity index (χ4n) is 3.80. The van der Waals surface area contributed by atoms with Gasteiger partial charge in [-0.1, -0.05) is 26.7 Å². The molecule has 2 fully saturated rings. The van der Waals surface area contributed by atoms with Gasteiger partial charge in [0, 0.05) is 18.1 Å². The second-order valence-corrected chi connectivity index (χ2v) is 6.29. The Morgan fingerprint density at radius 2 is 1.71 bits per heavy atom. The lowest BCUT2D eigenvalue weighted by Gasteiger charge is -2.47. The summed E-state index contributed by atoms with van der Waals surface area (Å²) < 4.78 is 0. The van der Waals surface area contributed by atoms with Crippen LogP contribution in [0.5, 0.6) is 0 Å². The van der Waals surface area contributed by atoms with Crippen LogP contribution in [0, 0.1) is 5.92 Å². The van der Waals surface area contributed by atoms with Gasteiger partial charge in [-0.2, -0.15) is 0 Å². The van der Waals surface area contributed by atoms with Crippen LogP contribution >= 0.6 is 0 Å². The van der Waals surface area contributed by atoms with E-state index < -0.39 is 0 Å². The molecule has 2 unspecified atom stereocenters. The van der Waals surface area contributed by atoms with E-state index in [9.17, 15) is 0 Å². The first kappa shape index (κ1) is 13.4. The van der Waals surface area contributed by atoms with Crippen molar-refractivity contribution in [2.75, 3.05) is 13.1 Å². The number of hydrogen-bond acceptors (Lipinski definition) is 2. The summed E-state index contributed by atoms with van der Waals surface area (Å²) >= 11 is 0. The molecule has 1 heterocycles. The molecule has 1 aliphatic heterocycles. The maximum absolute atomic E-state index is 6.51. The number of fused-ring (bicyclic) bond motifs is 1. The van der Waals surface area contributed by atoms with E-state index in [0.29, 0.717) is 0 Å². The number of rotatable bonds is 4. The third kappa shape index (κ3) is 3.03. The Bertz CT molecular complexity index is 233. The molecule has 0 amide bonds. The van der Waals surface area contributed by atoms with Crippen molar-refractivity contribution in [2.45, 2.75) is 76.8 Å².